The summed E-state index contributed by atoms with van der Waals surface area (Å²) in [6.45, 7) is 4.89. The maximum absolute atomic E-state index is 12.2. The molecule has 22 heavy (non-hydrogen) atoms. The zero-order chi connectivity index (χ0) is 15.8. The molecule has 2 aromatic carbocycles. The SMILES string of the molecule is CCOC(=O)C(CNC(C)c1ccccc1)c1ccccc1. The molecule has 0 spiro atoms. The Bertz CT molecular complexity index is 569. The van der Waals surface area contributed by atoms with Gasteiger partial charge in [-0.05, 0) is 25.0 Å². The van der Waals surface area contributed by atoms with E-state index in [0.717, 1.165) is 5.56 Å². The highest BCUT2D eigenvalue weighted by molar-refractivity contribution is 5.78. The number of nitrogens with one attached hydrogen (secondary N) is 1. The molecule has 0 aromatic heterocycles. The maximum atomic E-state index is 12.2. The van der Waals surface area contributed by atoms with Crippen LogP contribution in [0.15, 0.2) is 60.7 Å². The summed E-state index contributed by atoms with van der Waals surface area (Å²) in [5.41, 5.74) is 2.19. The molecular formula is C19H23NO2. The number of hydrogen-bond donors (Lipinski definition) is 1. The highest BCUT2D eigenvalue weighted by atomic mass is 16.5. The number of carbonyl (C=O) groups is 1. The molecule has 0 aliphatic rings. The van der Waals surface area contributed by atoms with Crippen molar-refractivity contribution in [1.82, 2.24) is 5.32 Å². The van der Waals surface area contributed by atoms with E-state index in [2.05, 4.69) is 24.4 Å². The van der Waals surface area contributed by atoms with Crippen LogP contribution in [0, 0.1) is 0 Å². The van der Waals surface area contributed by atoms with Crippen LogP contribution in [0.1, 0.15) is 36.9 Å². The molecule has 2 aromatic rings. The number of hydrogen-bond acceptors (Lipinski definition) is 3. The fraction of sp³-hybridized carbons (Fsp3) is 0.316. The highest BCUT2D eigenvalue weighted by Crippen LogP contribution is 2.19. The monoisotopic (exact) mass is 297 g/mol. The van der Waals surface area contributed by atoms with Crippen molar-refractivity contribution in [3.05, 3.63) is 71.8 Å². The number of ether oxygens (including phenoxy) is 1. The summed E-state index contributed by atoms with van der Waals surface area (Å²) in [7, 11) is 0. The van der Waals surface area contributed by atoms with Crippen molar-refractivity contribution in [3.63, 3.8) is 0 Å². The predicted octanol–water partition coefficient (Wildman–Crippen LogP) is 3.68. The molecule has 2 unspecified atom stereocenters. The van der Waals surface area contributed by atoms with E-state index < -0.39 is 0 Å². The second-order valence-corrected chi connectivity index (χ2v) is 5.26. The fourth-order valence-corrected chi connectivity index (χ4v) is 2.42. The molecule has 0 amide bonds. The second-order valence-electron chi connectivity index (χ2n) is 5.26. The summed E-state index contributed by atoms with van der Waals surface area (Å²) in [6.07, 6.45) is 0. The average Bonchev–Trinajstić information content (AvgIpc) is 2.57. The van der Waals surface area contributed by atoms with E-state index in [4.69, 9.17) is 4.74 Å². The molecule has 0 radical (unpaired) electrons. The third-order valence-electron chi connectivity index (χ3n) is 3.70. The molecule has 0 aliphatic carbocycles. The van der Waals surface area contributed by atoms with Gasteiger partial charge in [-0.2, -0.15) is 0 Å². The van der Waals surface area contributed by atoms with Gasteiger partial charge in [-0.1, -0.05) is 60.7 Å². The molecule has 1 N–H and O–H groups in total. The van der Waals surface area contributed by atoms with Crippen molar-refractivity contribution < 1.29 is 9.53 Å². The van der Waals surface area contributed by atoms with Crippen LogP contribution in [0.5, 0.6) is 0 Å². The first kappa shape index (κ1) is 16.2. The molecule has 0 heterocycles. The van der Waals surface area contributed by atoms with Gasteiger partial charge in [-0.25, -0.2) is 0 Å². The zero-order valence-electron chi connectivity index (χ0n) is 13.2. The Morgan fingerprint density at radius 3 is 2.09 bits per heavy atom. The maximum Gasteiger partial charge on any atom is 0.314 e. The zero-order valence-corrected chi connectivity index (χ0v) is 13.2. The smallest absolute Gasteiger partial charge is 0.314 e. The lowest BCUT2D eigenvalue weighted by Gasteiger charge is -2.20. The molecule has 0 fully saturated rings. The fourth-order valence-electron chi connectivity index (χ4n) is 2.42. The van der Waals surface area contributed by atoms with Crippen LogP contribution >= 0.6 is 0 Å². The van der Waals surface area contributed by atoms with Crippen molar-refractivity contribution in [3.8, 4) is 0 Å². The third kappa shape index (κ3) is 4.43. The van der Waals surface area contributed by atoms with Crippen LogP contribution in [-0.2, 0) is 9.53 Å². The normalized spacial score (nSPS) is 13.4. The van der Waals surface area contributed by atoms with Crippen LogP contribution in [0.3, 0.4) is 0 Å². The Kier molecular flexibility index (Phi) is 6.16. The number of carbonyl (C=O) groups excluding carboxylic acids is 1. The number of esters is 1. The molecule has 0 bridgehead atoms. The van der Waals surface area contributed by atoms with E-state index in [1.807, 2.05) is 55.5 Å². The van der Waals surface area contributed by atoms with Crippen molar-refractivity contribution in [1.29, 1.82) is 0 Å². The Balaban J connectivity index is 2.05. The van der Waals surface area contributed by atoms with E-state index in [1.54, 1.807) is 0 Å². The van der Waals surface area contributed by atoms with Gasteiger partial charge in [0.25, 0.3) is 0 Å². The van der Waals surface area contributed by atoms with Gasteiger partial charge in [0.15, 0.2) is 0 Å². The largest absolute Gasteiger partial charge is 0.465 e. The topological polar surface area (TPSA) is 38.3 Å². The molecule has 2 atom stereocenters. The summed E-state index contributed by atoms with van der Waals surface area (Å²) in [5, 5.41) is 3.44. The van der Waals surface area contributed by atoms with E-state index >= 15 is 0 Å². The van der Waals surface area contributed by atoms with E-state index in [-0.39, 0.29) is 17.9 Å². The lowest BCUT2D eigenvalue weighted by molar-refractivity contribution is -0.144. The molecule has 3 heteroatoms. The number of rotatable bonds is 7. The molecule has 0 saturated carbocycles. The summed E-state index contributed by atoms with van der Waals surface area (Å²) in [6, 6.07) is 20.2. The first-order valence-corrected chi connectivity index (χ1v) is 7.72. The first-order chi connectivity index (χ1) is 10.7. The molecule has 0 aliphatic heterocycles. The van der Waals surface area contributed by atoms with Gasteiger partial charge in [-0.3, -0.25) is 4.79 Å². The summed E-state index contributed by atoms with van der Waals surface area (Å²) >= 11 is 0. The van der Waals surface area contributed by atoms with Crippen molar-refractivity contribution in [2.75, 3.05) is 13.2 Å². The standard InChI is InChI=1S/C19H23NO2/c1-3-22-19(21)18(17-12-8-5-9-13-17)14-20-15(2)16-10-6-4-7-11-16/h4-13,15,18,20H,3,14H2,1-2H3. The van der Waals surface area contributed by atoms with Crippen LogP contribution in [-0.4, -0.2) is 19.1 Å². The Morgan fingerprint density at radius 2 is 1.55 bits per heavy atom. The van der Waals surface area contributed by atoms with Gasteiger partial charge in [0.2, 0.25) is 0 Å². The predicted molar refractivity (Wildman–Crippen MR) is 88.7 cm³/mol. The molecule has 2 rings (SSSR count). The van der Waals surface area contributed by atoms with Gasteiger partial charge in [-0.15, -0.1) is 0 Å². The molecule has 116 valence electrons. The van der Waals surface area contributed by atoms with E-state index in [1.165, 1.54) is 5.56 Å². The van der Waals surface area contributed by atoms with Crippen LogP contribution < -0.4 is 5.32 Å². The van der Waals surface area contributed by atoms with Gasteiger partial charge >= 0.3 is 5.97 Å². The van der Waals surface area contributed by atoms with E-state index in [9.17, 15) is 4.79 Å². The minimum Gasteiger partial charge on any atom is -0.465 e. The molecule has 3 nitrogen and oxygen atoms in total. The third-order valence-corrected chi connectivity index (χ3v) is 3.70. The molecule has 0 saturated heterocycles. The van der Waals surface area contributed by atoms with Crippen LogP contribution in [0.4, 0.5) is 0 Å². The van der Waals surface area contributed by atoms with Gasteiger partial charge < -0.3 is 10.1 Å². The summed E-state index contributed by atoms with van der Waals surface area (Å²) in [5.74, 6) is -0.464. The quantitative estimate of drug-likeness (QED) is 0.792. The van der Waals surface area contributed by atoms with Crippen molar-refractivity contribution in [2.24, 2.45) is 0 Å². The summed E-state index contributed by atoms with van der Waals surface area (Å²) < 4.78 is 5.22. The van der Waals surface area contributed by atoms with Gasteiger partial charge in [0.1, 0.15) is 0 Å². The molecular weight excluding hydrogens is 274 g/mol. The first-order valence-electron chi connectivity index (χ1n) is 7.72. The van der Waals surface area contributed by atoms with Gasteiger partial charge in [0, 0.05) is 12.6 Å². The highest BCUT2D eigenvalue weighted by Gasteiger charge is 2.22. The average molecular weight is 297 g/mol. The number of benzene rings is 2. The lowest BCUT2D eigenvalue weighted by atomic mass is 9.98. The lowest BCUT2D eigenvalue weighted by Crippen LogP contribution is -2.30. The summed E-state index contributed by atoms with van der Waals surface area (Å²) in [4.78, 5) is 12.2. The van der Waals surface area contributed by atoms with Gasteiger partial charge in [0.05, 0.1) is 12.5 Å². The van der Waals surface area contributed by atoms with E-state index in [0.29, 0.717) is 13.2 Å². The second kappa shape index (κ2) is 8.35. The Labute approximate surface area is 132 Å². The minimum absolute atomic E-state index is 0.179. The Morgan fingerprint density at radius 1 is 1.00 bits per heavy atom. The van der Waals surface area contributed by atoms with Crippen LogP contribution in [0.25, 0.3) is 0 Å². The van der Waals surface area contributed by atoms with Crippen molar-refractivity contribution >= 4 is 5.97 Å². The minimum atomic E-state index is -0.285. The Hall–Kier alpha value is -2.13. The van der Waals surface area contributed by atoms with Crippen molar-refractivity contribution in [2.45, 2.75) is 25.8 Å². The van der Waals surface area contributed by atoms with Crippen LogP contribution in [0.2, 0.25) is 0 Å².